The maximum Gasteiger partial charge on any atom is 0.307 e. The van der Waals surface area contributed by atoms with Crippen molar-refractivity contribution in [1.82, 2.24) is 5.43 Å². The lowest BCUT2D eigenvalue weighted by Crippen LogP contribution is -2.16. The van der Waals surface area contributed by atoms with Gasteiger partial charge in [0.05, 0.1) is 19.6 Å². The molecule has 0 spiro atoms. The summed E-state index contributed by atoms with van der Waals surface area (Å²) in [5.74, 6) is 0.406. The molecule has 5 aromatic rings. The Morgan fingerprint density at radius 2 is 1.61 bits per heavy atom. The normalized spacial score (nSPS) is 11.4. The number of hydrogen-bond acceptors (Lipinski definition) is 4. The van der Waals surface area contributed by atoms with Gasteiger partial charge >= 0.3 is 5.91 Å². The number of carbonyl (C=O) groups excluding carboxylic acids is 1. The molecule has 0 aliphatic rings. The lowest BCUT2D eigenvalue weighted by atomic mass is 10.1. The molecule has 0 aliphatic carbocycles. The highest BCUT2D eigenvalue weighted by atomic mass is 79.9. The molecule has 5 rings (SSSR count). The summed E-state index contributed by atoms with van der Waals surface area (Å²) in [4.78, 5) is 12.5. The number of nitrogens with zero attached hydrogens (tertiary/aromatic N) is 1. The number of halogens is 4. The molecule has 1 heterocycles. The molecule has 0 bridgehead atoms. The van der Waals surface area contributed by atoms with Crippen LogP contribution in [0.5, 0.6) is 5.75 Å². The molecule has 4 aromatic carbocycles. The number of fused-ring (bicyclic) bond motifs is 2. The second-order valence-electron chi connectivity index (χ2n) is 7.90. The third kappa shape index (κ3) is 5.59. The Morgan fingerprint density at radius 3 is 2.39 bits per heavy atom. The van der Waals surface area contributed by atoms with E-state index in [4.69, 9.17) is 9.15 Å². The molecule has 1 N–H and O–H groups in total. The Morgan fingerprint density at radius 1 is 0.861 bits per heavy atom. The largest absolute Gasteiger partial charge is 0.487 e. The van der Waals surface area contributed by atoms with Crippen LogP contribution < -0.4 is 10.2 Å². The van der Waals surface area contributed by atoms with E-state index in [2.05, 4.69) is 105 Å². The Labute approximate surface area is 240 Å². The number of ether oxygens (including phenoxy) is 1. The van der Waals surface area contributed by atoms with Crippen molar-refractivity contribution in [1.29, 1.82) is 0 Å². The molecule has 0 radical (unpaired) electrons. The molecule has 0 aliphatic heterocycles. The molecule has 0 atom stereocenters. The number of rotatable bonds is 6. The summed E-state index contributed by atoms with van der Waals surface area (Å²) in [7, 11) is 0. The number of nitrogens with one attached hydrogen (secondary N) is 1. The summed E-state index contributed by atoms with van der Waals surface area (Å²) in [6.45, 7) is 0.426. The third-order valence-corrected chi connectivity index (χ3v) is 7.58. The Hall–Kier alpha value is -2.46. The average molecular weight is 736 g/mol. The van der Waals surface area contributed by atoms with E-state index in [0.29, 0.717) is 17.9 Å². The minimum absolute atomic E-state index is 0.167. The van der Waals surface area contributed by atoms with Crippen molar-refractivity contribution in [3.63, 3.8) is 0 Å². The number of hydrazone groups is 1. The van der Waals surface area contributed by atoms with Crippen molar-refractivity contribution in [2.45, 2.75) is 6.61 Å². The highest BCUT2D eigenvalue weighted by Crippen LogP contribution is 2.35. The highest BCUT2D eigenvalue weighted by molar-refractivity contribution is 9.11. The average Bonchev–Trinajstić information content (AvgIpc) is 3.28. The molecule has 0 saturated carbocycles. The number of benzene rings is 4. The van der Waals surface area contributed by atoms with Crippen LogP contribution in [0, 0.1) is 0 Å². The number of furan rings is 1. The van der Waals surface area contributed by atoms with Crippen LogP contribution in [0.25, 0.3) is 21.7 Å². The van der Waals surface area contributed by atoms with Crippen molar-refractivity contribution in [3.8, 4) is 5.75 Å². The smallest absolute Gasteiger partial charge is 0.307 e. The van der Waals surface area contributed by atoms with Crippen LogP contribution in [-0.4, -0.2) is 12.1 Å². The van der Waals surface area contributed by atoms with Gasteiger partial charge in [0.15, 0.2) is 5.76 Å². The summed E-state index contributed by atoms with van der Waals surface area (Å²) in [5, 5.41) is 7.25. The van der Waals surface area contributed by atoms with Gasteiger partial charge in [0.2, 0.25) is 0 Å². The molecular weight excluding hydrogens is 720 g/mol. The summed E-state index contributed by atoms with van der Waals surface area (Å²) < 4.78 is 14.9. The van der Waals surface area contributed by atoms with Crippen molar-refractivity contribution in [3.05, 3.63) is 108 Å². The van der Waals surface area contributed by atoms with Crippen LogP contribution in [0.2, 0.25) is 0 Å². The molecule has 9 heteroatoms. The first-order valence-electron chi connectivity index (χ1n) is 10.7. The minimum atomic E-state index is -0.445. The van der Waals surface area contributed by atoms with E-state index in [1.807, 2.05) is 36.4 Å². The lowest BCUT2D eigenvalue weighted by molar-refractivity contribution is 0.0929. The summed E-state index contributed by atoms with van der Waals surface area (Å²) in [5.41, 5.74) is 4.94. The van der Waals surface area contributed by atoms with E-state index >= 15 is 0 Å². The minimum Gasteiger partial charge on any atom is -0.487 e. The topological polar surface area (TPSA) is 63.8 Å². The second kappa shape index (κ2) is 10.9. The molecule has 0 fully saturated rings. The van der Waals surface area contributed by atoms with Gasteiger partial charge in [0, 0.05) is 9.86 Å². The maximum atomic E-state index is 12.5. The lowest BCUT2D eigenvalue weighted by Gasteiger charge is -2.12. The molecule has 0 saturated heterocycles. The zero-order chi connectivity index (χ0) is 25.2. The SMILES string of the molecule is O=C(N/N=C\c1cc(Br)c(OCc2ccc3ccccc3c2)c(Br)c1)c1cc2cc(Br)cc(Br)c2o1. The molecule has 0 unspecified atom stereocenters. The fourth-order valence-electron chi connectivity index (χ4n) is 3.68. The first kappa shape index (κ1) is 25.2. The number of carbonyl (C=O) groups is 1. The van der Waals surface area contributed by atoms with E-state index in [1.54, 1.807) is 12.3 Å². The second-order valence-corrected chi connectivity index (χ2v) is 11.4. The van der Waals surface area contributed by atoms with Crippen LogP contribution in [-0.2, 0) is 6.61 Å². The number of amides is 1. The van der Waals surface area contributed by atoms with Crippen molar-refractivity contribution in [2.75, 3.05) is 0 Å². The zero-order valence-electron chi connectivity index (χ0n) is 18.4. The fourth-order valence-corrected chi connectivity index (χ4v) is 6.47. The van der Waals surface area contributed by atoms with Gasteiger partial charge < -0.3 is 9.15 Å². The predicted molar refractivity (Wildman–Crippen MR) is 157 cm³/mol. The molecule has 1 aromatic heterocycles. The highest BCUT2D eigenvalue weighted by Gasteiger charge is 2.14. The maximum absolute atomic E-state index is 12.5. The van der Waals surface area contributed by atoms with Crippen molar-refractivity contribution in [2.24, 2.45) is 5.10 Å². The Bertz CT molecular complexity index is 1620. The zero-order valence-corrected chi connectivity index (χ0v) is 24.7. The Kier molecular flexibility index (Phi) is 7.62. The van der Waals surface area contributed by atoms with Gasteiger partial charge in [0.1, 0.15) is 17.9 Å². The van der Waals surface area contributed by atoms with Crippen molar-refractivity contribution >= 4 is 97.6 Å². The first-order valence-corrected chi connectivity index (χ1v) is 13.9. The van der Waals surface area contributed by atoms with Gasteiger partial charge in [-0.25, -0.2) is 5.43 Å². The summed E-state index contributed by atoms with van der Waals surface area (Å²) in [6, 6.07) is 23.6. The van der Waals surface area contributed by atoms with Gasteiger partial charge in [-0.15, -0.1) is 0 Å². The molecule has 5 nitrogen and oxygen atoms in total. The van der Waals surface area contributed by atoms with Gasteiger partial charge in [-0.05, 0) is 106 Å². The number of hydrogen-bond donors (Lipinski definition) is 1. The predicted octanol–water partition coefficient (Wildman–Crippen LogP) is 8.98. The van der Waals surface area contributed by atoms with Crippen LogP contribution in [0.3, 0.4) is 0 Å². The third-order valence-electron chi connectivity index (χ3n) is 5.36. The van der Waals surface area contributed by atoms with E-state index in [9.17, 15) is 4.79 Å². The van der Waals surface area contributed by atoms with Crippen molar-refractivity contribution < 1.29 is 13.9 Å². The van der Waals surface area contributed by atoms with Crippen LogP contribution >= 0.6 is 63.7 Å². The van der Waals surface area contributed by atoms with E-state index in [0.717, 1.165) is 34.4 Å². The first-order chi connectivity index (χ1) is 17.4. The standard InChI is InChI=1S/C27H16Br4N2O3/c28-20-10-19-11-24(36-25(19)23(31)12-20)27(34)33-32-13-16-8-21(29)26(22(30)9-16)35-14-15-5-6-17-3-1-2-4-18(17)7-15/h1-13H,14H2,(H,33,34)/b32-13-. The van der Waals surface area contributed by atoms with E-state index in [-0.39, 0.29) is 5.76 Å². The molecule has 36 heavy (non-hydrogen) atoms. The Balaban J connectivity index is 1.25. The summed E-state index contributed by atoms with van der Waals surface area (Å²) in [6.07, 6.45) is 1.55. The quantitative estimate of drug-likeness (QED) is 0.140. The fraction of sp³-hybridized carbons (Fsp3) is 0.0370. The molecule has 180 valence electrons. The van der Waals surface area contributed by atoms with E-state index < -0.39 is 5.91 Å². The molecule has 1 amide bonds. The monoisotopic (exact) mass is 732 g/mol. The van der Waals surface area contributed by atoms with Crippen LogP contribution in [0.1, 0.15) is 21.7 Å². The van der Waals surface area contributed by atoms with E-state index in [1.165, 1.54) is 10.8 Å². The van der Waals surface area contributed by atoms with Crippen LogP contribution in [0.15, 0.2) is 100 Å². The summed E-state index contributed by atoms with van der Waals surface area (Å²) >= 11 is 14.0. The molecular formula is C27H16Br4N2O3. The van der Waals surface area contributed by atoms with Gasteiger partial charge in [0.25, 0.3) is 0 Å². The van der Waals surface area contributed by atoms with Gasteiger partial charge in [-0.1, -0.05) is 52.3 Å². The van der Waals surface area contributed by atoms with Crippen LogP contribution in [0.4, 0.5) is 0 Å². The van der Waals surface area contributed by atoms with Gasteiger partial charge in [-0.3, -0.25) is 4.79 Å². The van der Waals surface area contributed by atoms with Gasteiger partial charge in [-0.2, -0.15) is 5.10 Å².